The van der Waals surface area contributed by atoms with Gasteiger partial charge in [0.1, 0.15) is 0 Å². The van der Waals surface area contributed by atoms with Gasteiger partial charge in [-0.2, -0.15) is 0 Å². The summed E-state index contributed by atoms with van der Waals surface area (Å²) in [6, 6.07) is 4.81. The first-order valence-corrected chi connectivity index (χ1v) is 6.67. The van der Waals surface area contributed by atoms with E-state index < -0.39 is 0 Å². The van der Waals surface area contributed by atoms with E-state index in [2.05, 4.69) is 24.5 Å². The average molecular weight is 265 g/mol. The Hall–Kier alpha value is -1.62. The molecule has 106 valence electrons. The molecule has 0 radical (unpaired) electrons. The average Bonchev–Trinajstić information content (AvgIpc) is 2.38. The number of pyridine rings is 1. The fourth-order valence-electron chi connectivity index (χ4n) is 1.60. The summed E-state index contributed by atoms with van der Waals surface area (Å²) in [5.41, 5.74) is -0.0267. The van der Waals surface area contributed by atoms with E-state index in [1.807, 2.05) is 13.0 Å². The largest absolute Gasteiger partial charge is 0.354 e. The van der Waals surface area contributed by atoms with Gasteiger partial charge in [0.25, 0.3) is 5.56 Å². The number of hydrogen-bond acceptors (Lipinski definition) is 3. The van der Waals surface area contributed by atoms with Crippen LogP contribution in [0, 0.1) is 5.92 Å². The minimum Gasteiger partial charge on any atom is -0.354 e. The van der Waals surface area contributed by atoms with E-state index >= 15 is 0 Å². The lowest BCUT2D eigenvalue weighted by atomic mass is 10.2. The van der Waals surface area contributed by atoms with Gasteiger partial charge in [0, 0.05) is 31.9 Å². The minimum atomic E-state index is -0.252. The topological polar surface area (TPSA) is 63.1 Å². The Balaban J connectivity index is 2.31. The molecule has 0 aliphatic heterocycles. The van der Waals surface area contributed by atoms with Gasteiger partial charge in [0.05, 0.1) is 6.04 Å². The van der Waals surface area contributed by atoms with Gasteiger partial charge in [-0.1, -0.05) is 19.9 Å². The fourth-order valence-corrected chi connectivity index (χ4v) is 1.60. The van der Waals surface area contributed by atoms with Crippen molar-refractivity contribution in [3.63, 3.8) is 0 Å². The van der Waals surface area contributed by atoms with Gasteiger partial charge in [-0.15, -0.1) is 0 Å². The van der Waals surface area contributed by atoms with Crippen LogP contribution in [0.3, 0.4) is 0 Å². The van der Waals surface area contributed by atoms with Gasteiger partial charge in [0.15, 0.2) is 0 Å². The summed E-state index contributed by atoms with van der Waals surface area (Å²) in [5.74, 6) is 0.438. The smallest absolute Gasteiger partial charge is 0.250 e. The maximum atomic E-state index is 11.7. The Bertz CT molecular complexity index is 454. The van der Waals surface area contributed by atoms with Crippen molar-refractivity contribution < 1.29 is 4.79 Å². The molecule has 1 aromatic heterocycles. The molecule has 1 amide bonds. The molecule has 0 aliphatic rings. The predicted octanol–water partition coefficient (Wildman–Crippen LogP) is 0.599. The van der Waals surface area contributed by atoms with Crippen LogP contribution in [0.1, 0.15) is 20.8 Å². The molecule has 0 aromatic carbocycles. The molecule has 0 saturated heterocycles. The van der Waals surface area contributed by atoms with E-state index in [-0.39, 0.29) is 17.5 Å². The number of aromatic nitrogens is 1. The second-order valence-electron chi connectivity index (χ2n) is 5.05. The Morgan fingerprint density at radius 1 is 1.32 bits per heavy atom. The zero-order chi connectivity index (χ0) is 14.3. The Morgan fingerprint density at radius 3 is 2.68 bits per heavy atom. The molecule has 1 unspecified atom stereocenters. The molecule has 5 heteroatoms. The SMILES string of the molecule is CC(C)CNC(=O)C(C)NCCn1ccccc1=O. The highest BCUT2D eigenvalue weighted by Gasteiger charge is 2.11. The van der Waals surface area contributed by atoms with Gasteiger partial charge in [0.2, 0.25) is 5.91 Å². The molecule has 0 aliphatic carbocycles. The first-order valence-electron chi connectivity index (χ1n) is 6.67. The molecule has 19 heavy (non-hydrogen) atoms. The highest BCUT2D eigenvalue weighted by molar-refractivity contribution is 5.81. The zero-order valence-corrected chi connectivity index (χ0v) is 11.8. The Morgan fingerprint density at radius 2 is 2.05 bits per heavy atom. The van der Waals surface area contributed by atoms with Crippen molar-refractivity contribution in [3.05, 3.63) is 34.7 Å². The molecular formula is C14H23N3O2. The van der Waals surface area contributed by atoms with E-state index in [4.69, 9.17) is 0 Å². The summed E-state index contributed by atoms with van der Waals surface area (Å²) in [6.45, 7) is 7.76. The maximum absolute atomic E-state index is 11.7. The molecule has 1 atom stereocenters. The third-order valence-corrected chi connectivity index (χ3v) is 2.78. The van der Waals surface area contributed by atoms with E-state index in [9.17, 15) is 9.59 Å². The number of nitrogens with one attached hydrogen (secondary N) is 2. The standard InChI is InChI=1S/C14H23N3O2/c1-11(2)10-16-14(19)12(3)15-7-9-17-8-5-4-6-13(17)18/h4-6,8,11-12,15H,7,9-10H2,1-3H3,(H,16,19). The van der Waals surface area contributed by atoms with Gasteiger partial charge < -0.3 is 15.2 Å². The molecule has 1 aromatic rings. The predicted molar refractivity (Wildman–Crippen MR) is 76.0 cm³/mol. The monoisotopic (exact) mass is 265 g/mol. The Kier molecular flexibility index (Phi) is 6.29. The number of hydrogen-bond donors (Lipinski definition) is 2. The fraction of sp³-hybridized carbons (Fsp3) is 0.571. The van der Waals surface area contributed by atoms with Crippen molar-refractivity contribution in [2.45, 2.75) is 33.4 Å². The second kappa shape index (κ2) is 7.74. The molecule has 1 heterocycles. The van der Waals surface area contributed by atoms with E-state index in [1.165, 1.54) is 6.07 Å². The zero-order valence-electron chi connectivity index (χ0n) is 11.8. The van der Waals surface area contributed by atoms with Crippen molar-refractivity contribution in [1.82, 2.24) is 15.2 Å². The third-order valence-electron chi connectivity index (χ3n) is 2.78. The summed E-state index contributed by atoms with van der Waals surface area (Å²) >= 11 is 0. The summed E-state index contributed by atoms with van der Waals surface area (Å²) in [7, 11) is 0. The van der Waals surface area contributed by atoms with Gasteiger partial charge in [-0.25, -0.2) is 0 Å². The first kappa shape index (κ1) is 15.4. The minimum absolute atomic E-state index is 0.00545. The number of nitrogens with zero attached hydrogens (tertiary/aromatic N) is 1. The van der Waals surface area contributed by atoms with Crippen molar-refractivity contribution in [2.24, 2.45) is 5.92 Å². The molecule has 0 saturated carbocycles. The Labute approximate surface area is 114 Å². The van der Waals surface area contributed by atoms with E-state index in [0.29, 0.717) is 25.6 Å². The summed E-state index contributed by atoms with van der Waals surface area (Å²) in [6.07, 6.45) is 1.74. The molecular weight excluding hydrogens is 242 g/mol. The van der Waals surface area contributed by atoms with Crippen LogP contribution in [0.15, 0.2) is 29.2 Å². The molecule has 2 N–H and O–H groups in total. The molecule has 0 bridgehead atoms. The number of carbonyl (C=O) groups is 1. The number of carbonyl (C=O) groups excluding carboxylic acids is 1. The normalized spacial score (nSPS) is 12.4. The quantitative estimate of drug-likeness (QED) is 0.759. The van der Waals surface area contributed by atoms with Crippen LogP contribution in [-0.2, 0) is 11.3 Å². The molecule has 0 fully saturated rings. The highest BCUT2D eigenvalue weighted by atomic mass is 16.2. The van der Waals surface area contributed by atoms with Crippen LogP contribution >= 0.6 is 0 Å². The second-order valence-corrected chi connectivity index (χ2v) is 5.05. The van der Waals surface area contributed by atoms with Crippen molar-refractivity contribution >= 4 is 5.91 Å². The number of rotatable bonds is 7. The van der Waals surface area contributed by atoms with E-state index in [0.717, 1.165) is 0 Å². The van der Waals surface area contributed by atoms with Gasteiger partial charge in [-0.3, -0.25) is 9.59 Å². The van der Waals surface area contributed by atoms with Crippen molar-refractivity contribution in [3.8, 4) is 0 Å². The highest BCUT2D eigenvalue weighted by Crippen LogP contribution is 1.89. The van der Waals surface area contributed by atoms with Crippen LogP contribution in [0.5, 0.6) is 0 Å². The molecule has 5 nitrogen and oxygen atoms in total. The lowest BCUT2D eigenvalue weighted by Gasteiger charge is -2.15. The summed E-state index contributed by atoms with van der Waals surface area (Å²) < 4.78 is 1.62. The van der Waals surface area contributed by atoms with E-state index in [1.54, 1.807) is 16.8 Å². The van der Waals surface area contributed by atoms with Crippen LogP contribution in [0.25, 0.3) is 0 Å². The van der Waals surface area contributed by atoms with Crippen LogP contribution in [-0.4, -0.2) is 29.6 Å². The molecule has 1 rings (SSSR count). The van der Waals surface area contributed by atoms with Crippen molar-refractivity contribution in [2.75, 3.05) is 13.1 Å². The lowest BCUT2D eigenvalue weighted by Crippen LogP contribution is -2.44. The maximum Gasteiger partial charge on any atom is 0.250 e. The third kappa shape index (κ3) is 5.70. The first-order chi connectivity index (χ1) is 9.00. The summed E-state index contributed by atoms with van der Waals surface area (Å²) in [5, 5.41) is 5.98. The van der Waals surface area contributed by atoms with Crippen LogP contribution in [0.2, 0.25) is 0 Å². The van der Waals surface area contributed by atoms with Crippen LogP contribution in [0.4, 0.5) is 0 Å². The number of amides is 1. The van der Waals surface area contributed by atoms with Crippen molar-refractivity contribution in [1.29, 1.82) is 0 Å². The van der Waals surface area contributed by atoms with Gasteiger partial charge in [-0.05, 0) is 18.9 Å². The summed E-state index contributed by atoms with van der Waals surface area (Å²) in [4.78, 5) is 23.2. The molecule has 0 spiro atoms. The van der Waals surface area contributed by atoms with Crippen LogP contribution < -0.4 is 16.2 Å². The lowest BCUT2D eigenvalue weighted by molar-refractivity contribution is -0.122. The van der Waals surface area contributed by atoms with Gasteiger partial charge >= 0.3 is 0 Å².